The van der Waals surface area contributed by atoms with Crippen LogP contribution in [0.4, 0.5) is 0 Å². The van der Waals surface area contributed by atoms with Crippen LogP contribution in [0.1, 0.15) is 6.42 Å². The third kappa shape index (κ3) is 30.7. The molecule has 14 heavy (non-hydrogen) atoms. The fourth-order valence-corrected chi connectivity index (χ4v) is 0.470. The second-order valence-electron chi connectivity index (χ2n) is 1.39. The Hall–Kier alpha value is -1.08. The Morgan fingerprint density at radius 2 is 1.36 bits per heavy atom. The molecule has 78 valence electrons. The van der Waals surface area contributed by atoms with Crippen molar-refractivity contribution < 1.29 is 35.4 Å². The molecule has 0 aromatic carbocycles. The normalized spacial score (nSPS) is 9.43. The molecule has 0 aliphatic heterocycles. The fraction of sp³-hybridized carbons (Fsp3) is 0.100. The smallest absolute Gasteiger partial charge is 0.106 e. The Bertz CT molecular complexity index is 146. The summed E-state index contributed by atoms with van der Waals surface area (Å²) in [6.07, 6.45) is 14.0. The van der Waals surface area contributed by atoms with E-state index in [4.69, 9.17) is 14.4 Å². The van der Waals surface area contributed by atoms with E-state index in [1.165, 1.54) is 0 Å². The van der Waals surface area contributed by atoms with Gasteiger partial charge in [-0.25, -0.2) is 12.2 Å². The van der Waals surface area contributed by atoms with Gasteiger partial charge in [0.15, 0.2) is 0 Å². The molecule has 3 nitrogen and oxygen atoms in total. The zero-order chi connectivity index (χ0) is 10.9. The number of allylic oxidation sites excluding steroid dienone is 6. The molecule has 1 aliphatic rings. The van der Waals surface area contributed by atoms with Crippen molar-refractivity contribution in [3.05, 3.63) is 36.5 Å². The van der Waals surface area contributed by atoms with Crippen molar-refractivity contribution >= 4 is 20.4 Å². The van der Waals surface area contributed by atoms with Crippen LogP contribution in [-0.2, 0) is 35.4 Å². The van der Waals surface area contributed by atoms with Gasteiger partial charge >= 0.3 is 0 Å². The zero-order valence-corrected chi connectivity index (χ0v) is 10.8. The molecule has 0 heterocycles. The predicted octanol–water partition coefficient (Wildman–Crippen LogP) is 1.30. The molecule has 0 radical (unpaired) electrons. The topological polar surface area (TPSA) is 51.2 Å². The summed E-state index contributed by atoms with van der Waals surface area (Å²) in [5, 5.41) is 0. The summed E-state index contributed by atoms with van der Waals surface area (Å²) in [6, 6.07) is 0. The van der Waals surface area contributed by atoms with Crippen molar-refractivity contribution in [3.63, 3.8) is 0 Å². The van der Waals surface area contributed by atoms with Crippen LogP contribution in [0.15, 0.2) is 30.4 Å². The molecule has 1 rings (SSSR count). The van der Waals surface area contributed by atoms with Crippen LogP contribution < -0.4 is 0 Å². The SMILES string of the molecule is C=O.C=O.C=O.[C-]1=CC=CC=CC1.[W]. The van der Waals surface area contributed by atoms with E-state index in [2.05, 4.69) is 12.2 Å². The molecular formula is C10H13O3W-. The second-order valence-corrected chi connectivity index (χ2v) is 1.39. The molecule has 0 aromatic rings. The van der Waals surface area contributed by atoms with E-state index in [9.17, 15) is 0 Å². The van der Waals surface area contributed by atoms with E-state index in [0.29, 0.717) is 0 Å². The quantitative estimate of drug-likeness (QED) is 0.609. The number of hydrogen-bond acceptors (Lipinski definition) is 3. The largest absolute Gasteiger partial charge is 0.307 e. The summed E-state index contributed by atoms with van der Waals surface area (Å²) in [7, 11) is 0. The average Bonchev–Trinajstić information content (AvgIpc) is 2.58. The molecule has 0 bridgehead atoms. The Kier molecular flexibility index (Phi) is 66.8. The molecule has 0 unspecified atom stereocenters. The summed E-state index contributed by atoms with van der Waals surface area (Å²) in [4.78, 5) is 24.0. The third-order valence-corrected chi connectivity index (χ3v) is 0.808. The van der Waals surface area contributed by atoms with Gasteiger partial charge in [-0.2, -0.15) is 0 Å². The minimum absolute atomic E-state index is 0. The summed E-state index contributed by atoms with van der Waals surface area (Å²) >= 11 is 0. The van der Waals surface area contributed by atoms with Gasteiger partial charge in [0.1, 0.15) is 20.4 Å². The molecule has 0 aromatic heterocycles. The van der Waals surface area contributed by atoms with E-state index < -0.39 is 0 Å². The number of carbonyl (C=O) groups excluding carboxylic acids is 3. The van der Waals surface area contributed by atoms with Gasteiger partial charge in [-0.15, -0.1) is 6.08 Å². The van der Waals surface area contributed by atoms with E-state index in [1.54, 1.807) is 0 Å². The average molecular weight is 365 g/mol. The van der Waals surface area contributed by atoms with Gasteiger partial charge < -0.3 is 14.4 Å². The van der Waals surface area contributed by atoms with Crippen molar-refractivity contribution in [2.75, 3.05) is 0 Å². The van der Waals surface area contributed by atoms with Crippen LogP contribution in [0.3, 0.4) is 0 Å². The van der Waals surface area contributed by atoms with Crippen molar-refractivity contribution in [1.29, 1.82) is 0 Å². The summed E-state index contributed by atoms with van der Waals surface area (Å²) in [6.45, 7) is 6.00. The van der Waals surface area contributed by atoms with Crippen LogP contribution in [0.5, 0.6) is 0 Å². The van der Waals surface area contributed by atoms with Crippen molar-refractivity contribution in [2.45, 2.75) is 6.42 Å². The van der Waals surface area contributed by atoms with E-state index in [0.717, 1.165) is 6.42 Å². The first-order chi connectivity index (χ1) is 6.50. The fourth-order valence-electron chi connectivity index (χ4n) is 0.470. The summed E-state index contributed by atoms with van der Waals surface area (Å²) < 4.78 is 0. The standard InChI is InChI=1S/C7H7.3CH2O.W/c1-2-4-6-7-5-3-1;3*1-2;/h1-5H,6H2;3*1H2;/q-1;;;;. The molecular weight excluding hydrogens is 352 g/mol. The monoisotopic (exact) mass is 365 g/mol. The van der Waals surface area contributed by atoms with E-state index in [1.807, 2.05) is 44.7 Å². The Balaban J connectivity index is -0.0000000625. The molecule has 0 atom stereocenters. The van der Waals surface area contributed by atoms with Crippen LogP contribution in [0, 0.1) is 6.08 Å². The van der Waals surface area contributed by atoms with Crippen LogP contribution in [0.2, 0.25) is 0 Å². The van der Waals surface area contributed by atoms with E-state index >= 15 is 0 Å². The Morgan fingerprint density at radius 1 is 0.857 bits per heavy atom. The molecule has 0 N–H and O–H groups in total. The van der Waals surface area contributed by atoms with Crippen LogP contribution >= 0.6 is 0 Å². The Labute approximate surface area is 98.8 Å². The van der Waals surface area contributed by atoms with Crippen molar-refractivity contribution in [3.8, 4) is 0 Å². The van der Waals surface area contributed by atoms with Gasteiger partial charge in [-0.1, -0.05) is 18.6 Å². The van der Waals surface area contributed by atoms with Gasteiger partial charge in [-0.3, -0.25) is 6.08 Å². The maximum atomic E-state index is 8.00. The van der Waals surface area contributed by atoms with Gasteiger partial charge in [-0.05, 0) is 0 Å². The zero-order valence-electron chi connectivity index (χ0n) is 7.85. The van der Waals surface area contributed by atoms with Gasteiger partial charge in [0.25, 0.3) is 0 Å². The minimum Gasteiger partial charge on any atom is -0.307 e. The molecule has 0 saturated heterocycles. The molecule has 1 aliphatic carbocycles. The van der Waals surface area contributed by atoms with Gasteiger partial charge in [0.2, 0.25) is 0 Å². The van der Waals surface area contributed by atoms with Crippen molar-refractivity contribution in [2.24, 2.45) is 0 Å². The molecule has 0 amide bonds. The van der Waals surface area contributed by atoms with Crippen molar-refractivity contribution in [1.82, 2.24) is 0 Å². The number of carbonyl (C=O) groups is 3. The molecule has 0 fully saturated rings. The van der Waals surface area contributed by atoms with Crippen LogP contribution in [-0.4, -0.2) is 20.4 Å². The first-order valence-corrected chi connectivity index (χ1v) is 3.25. The van der Waals surface area contributed by atoms with Gasteiger partial charge in [0.05, 0.1) is 0 Å². The maximum absolute atomic E-state index is 8.00. The number of hydrogen-bond donors (Lipinski definition) is 0. The van der Waals surface area contributed by atoms with Crippen LogP contribution in [0.25, 0.3) is 0 Å². The first-order valence-electron chi connectivity index (χ1n) is 3.25. The molecule has 0 saturated carbocycles. The molecule has 0 spiro atoms. The molecule has 4 heteroatoms. The van der Waals surface area contributed by atoms with E-state index in [-0.39, 0.29) is 21.1 Å². The third-order valence-electron chi connectivity index (χ3n) is 0.808. The first kappa shape index (κ1) is 23.1. The predicted molar refractivity (Wildman–Crippen MR) is 52.1 cm³/mol. The minimum atomic E-state index is 0. The summed E-state index contributed by atoms with van der Waals surface area (Å²) in [5.74, 6) is 0. The summed E-state index contributed by atoms with van der Waals surface area (Å²) in [5.41, 5.74) is 0. The second kappa shape index (κ2) is 40.6. The maximum Gasteiger partial charge on any atom is 0.106 e. The Morgan fingerprint density at radius 3 is 1.86 bits per heavy atom. The number of rotatable bonds is 0. The van der Waals surface area contributed by atoms with Gasteiger partial charge in [0, 0.05) is 21.1 Å².